The van der Waals surface area contributed by atoms with Crippen molar-refractivity contribution in [3.8, 4) is 0 Å². The zero-order valence-electron chi connectivity index (χ0n) is 10.1. The minimum absolute atomic E-state index is 0.906. The summed E-state index contributed by atoms with van der Waals surface area (Å²) in [6.07, 6.45) is 2.50. The van der Waals surface area contributed by atoms with Crippen molar-refractivity contribution in [2.45, 2.75) is 33.2 Å². The second-order valence-electron chi connectivity index (χ2n) is 4.29. The van der Waals surface area contributed by atoms with E-state index in [0.717, 1.165) is 18.8 Å². The number of hydrogen-bond acceptors (Lipinski definition) is 2. The molecule has 2 N–H and O–H groups in total. The molecule has 0 aliphatic rings. The summed E-state index contributed by atoms with van der Waals surface area (Å²) in [6, 6.07) is 6.24. The van der Waals surface area contributed by atoms with Gasteiger partial charge in [-0.05, 0) is 38.6 Å². The van der Waals surface area contributed by atoms with Crippen molar-refractivity contribution in [1.29, 1.82) is 0 Å². The summed E-state index contributed by atoms with van der Waals surface area (Å²) in [4.78, 5) is 2.33. The molecule has 0 radical (unpaired) electrons. The maximum atomic E-state index is 5.94. The molecule has 0 atom stereocenters. The molecule has 0 bridgehead atoms. The van der Waals surface area contributed by atoms with E-state index in [1.54, 1.807) is 0 Å². The fraction of sp³-hybridized carbons (Fsp3) is 0.538. The number of anilines is 1. The minimum Gasteiger partial charge on any atom is -0.398 e. The van der Waals surface area contributed by atoms with Crippen LogP contribution >= 0.6 is 0 Å². The van der Waals surface area contributed by atoms with Gasteiger partial charge in [0.2, 0.25) is 0 Å². The lowest BCUT2D eigenvalue weighted by Crippen LogP contribution is -2.19. The molecule has 0 saturated carbocycles. The Labute approximate surface area is 93.1 Å². The van der Waals surface area contributed by atoms with Crippen LogP contribution < -0.4 is 5.73 Å². The lowest BCUT2D eigenvalue weighted by atomic mass is 10.1. The van der Waals surface area contributed by atoms with E-state index in [2.05, 4.69) is 37.9 Å². The lowest BCUT2D eigenvalue weighted by molar-refractivity contribution is 0.321. The molecule has 1 rings (SSSR count). The van der Waals surface area contributed by atoms with Gasteiger partial charge in [-0.1, -0.05) is 31.0 Å². The quantitative estimate of drug-likeness (QED) is 0.751. The van der Waals surface area contributed by atoms with Crippen LogP contribution in [0.3, 0.4) is 0 Å². The van der Waals surface area contributed by atoms with Crippen LogP contribution in [0.25, 0.3) is 0 Å². The number of nitrogens with two attached hydrogens (primary N) is 1. The van der Waals surface area contributed by atoms with Gasteiger partial charge in [0.1, 0.15) is 0 Å². The summed E-state index contributed by atoms with van der Waals surface area (Å²) in [6.45, 7) is 6.42. The Hall–Kier alpha value is -1.02. The monoisotopic (exact) mass is 206 g/mol. The first-order valence-corrected chi connectivity index (χ1v) is 5.67. The van der Waals surface area contributed by atoms with Crippen LogP contribution in [-0.2, 0) is 6.54 Å². The molecule has 0 heterocycles. The maximum Gasteiger partial charge on any atom is 0.0359 e. The highest BCUT2D eigenvalue weighted by Gasteiger charge is 2.03. The van der Waals surface area contributed by atoms with Crippen LogP contribution in [0.2, 0.25) is 0 Å². The van der Waals surface area contributed by atoms with Crippen molar-refractivity contribution in [2.24, 2.45) is 0 Å². The smallest absolute Gasteiger partial charge is 0.0359 e. The van der Waals surface area contributed by atoms with E-state index in [-0.39, 0.29) is 0 Å². The van der Waals surface area contributed by atoms with Gasteiger partial charge >= 0.3 is 0 Å². The highest BCUT2D eigenvalue weighted by molar-refractivity contribution is 5.48. The number of aryl methyl sites for hydroxylation is 1. The van der Waals surface area contributed by atoms with Crippen LogP contribution in [0.5, 0.6) is 0 Å². The summed E-state index contributed by atoms with van der Waals surface area (Å²) in [5.41, 5.74) is 9.37. The third kappa shape index (κ3) is 3.92. The molecule has 15 heavy (non-hydrogen) atoms. The molecule has 0 unspecified atom stereocenters. The second kappa shape index (κ2) is 5.76. The van der Waals surface area contributed by atoms with Crippen molar-refractivity contribution in [3.63, 3.8) is 0 Å². The summed E-state index contributed by atoms with van der Waals surface area (Å²) < 4.78 is 0. The fourth-order valence-corrected chi connectivity index (χ4v) is 1.67. The number of rotatable bonds is 5. The first kappa shape index (κ1) is 12.1. The van der Waals surface area contributed by atoms with Gasteiger partial charge in [0.15, 0.2) is 0 Å². The van der Waals surface area contributed by atoms with E-state index >= 15 is 0 Å². The highest BCUT2D eigenvalue weighted by Crippen LogP contribution is 2.15. The summed E-state index contributed by atoms with van der Waals surface area (Å²) in [7, 11) is 2.15. The van der Waals surface area contributed by atoms with Crippen molar-refractivity contribution < 1.29 is 0 Å². The zero-order chi connectivity index (χ0) is 11.3. The molecule has 2 nitrogen and oxygen atoms in total. The molecule has 2 heteroatoms. The molecule has 0 aliphatic carbocycles. The Balaban J connectivity index is 2.59. The predicted octanol–water partition coefficient (Wildman–Crippen LogP) is 2.81. The lowest BCUT2D eigenvalue weighted by Gasteiger charge is -2.17. The number of nitrogens with zero attached hydrogens (tertiary/aromatic N) is 1. The number of hydrogen-bond donors (Lipinski definition) is 1. The average molecular weight is 206 g/mol. The molecule has 0 amide bonds. The second-order valence-corrected chi connectivity index (χ2v) is 4.29. The summed E-state index contributed by atoms with van der Waals surface area (Å²) >= 11 is 0. The molecule has 1 aromatic carbocycles. The topological polar surface area (TPSA) is 29.3 Å². The van der Waals surface area contributed by atoms with Crippen molar-refractivity contribution >= 4 is 5.69 Å². The Bertz CT molecular complexity index is 307. The average Bonchev–Trinajstić information content (AvgIpc) is 2.20. The Kier molecular flexibility index (Phi) is 4.63. The predicted molar refractivity (Wildman–Crippen MR) is 66.8 cm³/mol. The Morgan fingerprint density at radius 2 is 2.07 bits per heavy atom. The third-order valence-electron chi connectivity index (χ3n) is 2.63. The van der Waals surface area contributed by atoms with E-state index in [1.165, 1.54) is 24.0 Å². The molecule has 0 aliphatic heterocycles. The first-order valence-electron chi connectivity index (χ1n) is 5.67. The van der Waals surface area contributed by atoms with Crippen molar-refractivity contribution in [2.75, 3.05) is 19.3 Å². The molecule has 1 aromatic rings. The van der Waals surface area contributed by atoms with Crippen LogP contribution in [-0.4, -0.2) is 18.5 Å². The molecule has 0 saturated heterocycles. The van der Waals surface area contributed by atoms with Crippen LogP contribution in [0.15, 0.2) is 18.2 Å². The van der Waals surface area contributed by atoms with Gasteiger partial charge in [-0.3, -0.25) is 0 Å². The van der Waals surface area contributed by atoms with Gasteiger partial charge in [-0.25, -0.2) is 0 Å². The Morgan fingerprint density at radius 1 is 1.33 bits per heavy atom. The third-order valence-corrected chi connectivity index (χ3v) is 2.63. The van der Waals surface area contributed by atoms with Gasteiger partial charge in [-0.2, -0.15) is 0 Å². The zero-order valence-corrected chi connectivity index (χ0v) is 10.1. The van der Waals surface area contributed by atoms with Crippen molar-refractivity contribution in [1.82, 2.24) is 4.90 Å². The van der Waals surface area contributed by atoms with E-state index in [9.17, 15) is 0 Å². The molecule has 0 fully saturated rings. The minimum atomic E-state index is 0.906. The normalized spacial score (nSPS) is 10.9. The van der Waals surface area contributed by atoms with Crippen LogP contribution in [0, 0.1) is 6.92 Å². The van der Waals surface area contributed by atoms with Gasteiger partial charge < -0.3 is 10.6 Å². The van der Waals surface area contributed by atoms with Gasteiger partial charge in [0.05, 0.1) is 0 Å². The standard InChI is InChI=1S/C13H22N2/c1-4-5-8-15(3)10-12-9-11(2)6-7-13(12)14/h6-7,9H,4-5,8,10,14H2,1-3H3. The van der Waals surface area contributed by atoms with Crippen molar-refractivity contribution in [3.05, 3.63) is 29.3 Å². The van der Waals surface area contributed by atoms with Gasteiger partial charge in [-0.15, -0.1) is 0 Å². The molecule has 84 valence electrons. The van der Waals surface area contributed by atoms with Gasteiger partial charge in [0.25, 0.3) is 0 Å². The largest absolute Gasteiger partial charge is 0.398 e. The summed E-state index contributed by atoms with van der Waals surface area (Å²) in [5.74, 6) is 0. The number of nitrogen functional groups attached to an aromatic ring is 1. The maximum absolute atomic E-state index is 5.94. The molecular weight excluding hydrogens is 184 g/mol. The van der Waals surface area contributed by atoms with Crippen LogP contribution in [0.1, 0.15) is 30.9 Å². The van der Waals surface area contributed by atoms with E-state index in [1.807, 2.05) is 6.07 Å². The number of benzene rings is 1. The molecular formula is C13H22N2. The number of unbranched alkanes of at least 4 members (excludes halogenated alkanes) is 1. The van der Waals surface area contributed by atoms with E-state index in [0.29, 0.717) is 0 Å². The molecule has 0 aromatic heterocycles. The fourth-order valence-electron chi connectivity index (χ4n) is 1.67. The van der Waals surface area contributed by atoms with Crippen LogP contribution in [0.4, 0.5) is 5.69 Å². The highest BCUT2D eigenvalue weighted by atomic mass is 15.1. The Morgan fingerprint density at radius 3 is 2.73 bits per heavy atom. The van der Waals surface area contributed by atoms with E-state index < -0.39 is 0 Å². The SMILES string of the molecule is CCCCN(C)Cc1cc(C)ccc1N. The summed E-state index contributed by atoms with van der Waals surface area (Å²) in [5, 5.41) is 0. The van der Waals surface area contributed by atoms with Gasteiger partial charge in [0, 0.05) is 12.2 Å². The van der Waals surface area contributed by atoms with E-state index in [4.69, 9.17) is 5.73 Å². The molecule has 0 spiro atoms. The first-order chi connectivity index (χ1) is 7.13.